The van der Waals surface area contributed by atoms with Gasteiger partial charge in [-0.05, 0) is 46.9 Å². The molecule has 0 amide bonds. The van der Waals surface area contributed by atoms with Crippen molar-refractivity contribution in [3.8, 4) is 11.1 Å². The van der Waals surface area contributed by atoms with Crippen LogP contribution in [0.4, 0.5) is 4.39 Å². The summed E-state index contributed by atoms with van der Waals surface area (Å²) >= 11 is 0. The predicted molar refractivity (Wildman–Crippen MR) is 64.6 cm³/mol. The van der Waals surface area contributed by atoms with E-state index in [0.717, 1.165) is 17.5 Å². The fourth-order valence-corrected chi connectivity index (χ4v) is 2.07. The molecule has 0 radical (unpaired) electrons. The predicted octanol–water partition coefficient (Wildman–Crippen LogP) is 4.06. The highest BCUT2D eigenvalue weighted by molar-refractivity contribution is 5.71. The van der Waals surface area contributed by atoms with E-state index in [1.807, 2.05) is 12.1 Å². The van der Waals surface area contributed by atoms with Crippen molar-refractivity contribution in [2.24, 2.45) is 0 Å². The van der Waals surface area contributed by atoms with Crippen molar-refractivity contribution in [1.29, 1.82) is 0 Å². The van der Waals surface area contributed by atoms with Gasteiger partial charge in [-0.2, -0.15) is 0 Å². The fourth-order valence-electron chi connectivity index (χ4n) is 2.07. The Labute approximate surface area is 94.1 Å². The van der Waals surface area contributed by atoms with E-state index >= 15 is 0 Å². The minimum absolute atomic E-state index is 0.190. The van der Waals surface area contributed by atoms with E-state index in [1.165, 1.54) is 23.3 Å². The van der Waals surface area contributed by atoms with Crippen molar-refractivity contribution in [2.75, 3.05) is 0 Å². The molecule has 0 N–H and O–H groups in total. The Morgan fingerprint density at radius 1 is 0.875 bits per heavy atom. The molecule has 0 aliphatic heterocycles. The summed E-state index contributed by atoms with van der Waals surface area (Å²) in [7, 11) is 0. The molecule has 78 valence electrons. The van der Waals surface area contributed by atoms with Crippen LogP contribution in [0, 0.1) is 5.82 Å². The summed E-state index contributed by atoms with van der Waals surface area (Å²) in [6, 6.07) is 13.0. The minimum Gasteiger partial charge on any atom is -0.207 e. The Hall–Kier alpha value is -1.89. The highest BCUT2D eigenvalue weighted by Gasteiger charge is 2.06. The van der Waals surface area contributed by atoms with Crippen LogP contribution in [0.5, 0.6) is 0 Å². The third-order valence-corrected chi connectivity index (χ3v) is 2.96. The number of rotatable bonds is 1. The van der Waals surface area contributed by atoms with E-state index in [9.17, 15) is 4.39 Å². The van der Waals surface area contributed by atoms with Gasteiger partial charge in [0.05, 0.1) is 0 Å². The molecule has 2 aromatic rings. The van der Waals surface area contributed by atoms with Crippen LogP contribution in [-0.4, -0.2) is 0 Å². The second kappa shape index (κ2) is 3.60. The first-order chi connectivity index (χ1) is 7.83. The lowest BCUT2D eigenvalue weighted by atomic mass is 10.0. The molecule has 0 spiro atoms. The molecule has 0 saturated heterocycles. The molecule has 0 heterocycles. The topological polar surface area (TPSA) is 0 Å². The maximum atomic E-state index is 12.8. The zero-order chi connectivity index (χ0) is 11.0. The van der Waals surface area contributed by atoms with Crippen molar-refractivity contribution in [2.45, 2.75) is 6.42 Å². The Bertz CT molecular complexity index is 550. The number of halogens is 1. The van der Waals surface area contributed by atoms with Gasteiger partial charge < -0.3 is 0 Å². The van der Waals surface area contributed by atoms with Crippen molar-refractivity contribution >= 4 is 6.08 Å². The van der Waals surface area contributed by atoms with Crippen LogP contribution < -0.4 is 0 Å². The molecule has 16 heavy (non-hydrogen) atoms. The van der Waals surface area contributed by atoms with Gasteiger partial charge in [0.15, 0.2) is 0 Å². The van der Waals surface area contributed by atoms with Crippen molar-refractivity contribution in [3.63, 3.8) is 0 Å². The lowest BCUT2D eigenvalue weighted by molar-refractivity contribution is 0.628. The number of hydrogen-bond donors (Lipinski definition) is 0. The van der Waals surface area contributed by atoms with Crippen LogP contribution in [0.15, 0.2) is 48.5 Å². The van der Waals surface area contributed by atoms with Gasteiger partial charge in [-0.25, -0.2) is 4.39 Å². The van der Waals surface area contributed by atoms with Gasteiger partial charge >= 0.3 is 0 Å². The SMILES string of the molecule is Fc1ccc(-c2ccc3c(c2)C=CC3)cc1. The first-order valence-electron chi connectivity index (χ1n) is 5.38. The van der Waals surface area contributed by atoms with Gasteiger partial charge in [0.2, 0.25) is 0 Å². The molecule has 1 aliphatic carbocycles. The molecule has 0 nitrogen and oxygen atoms in total. The molecule has 0 bridgehead atoms. The third kappa shape index (κ3) is 1.54. The molecule has 1 heteroatoms. The molecule has 3 rings (SSSR count). The van der Waals surface area contributed by atoms with E-state index in [1.54, 1.807) is 0 Å². The second-order valence-corrected chi connectivity index (χ2v) is 4.03. The smallest absolute Gasteiger partial charge is 0.123 e. The van der Waals surface area contributed by atoms with Crippen molar-refractivity contribution in [3.05, 3.63) is 65.5 Å². The summed E-state index contributed by atoms with van der Waals surface area (Å²) in [6.07, 6.45) is 5.33. The summed E-state index contributed by atoms with van der Waals surface area (Å²) < 4.78 is 12.8. The summed E-state index contributed by atoms with van der Waals surface area (Å²) in [4.78, 5) is 0. The molecule has 0 saturated carbocycles. The summed E-state index contributed by atoms with van der Waals surface area (Å²) in [5, 5.41) is 0. The lowest BCUT2D eigenvalue weighted by Crippen LogP contribution is -1.84. The van der Waals surface area contributed by atoms with E-state index in [-0.39, 0.29) is 5.82 Å². The van der Waals surface area contributed by atoms with Crippen molar-refractivity contribution in [1.82, 2.24) is 0 Å². The summed E-state index contributed by atoms with van der Waals surface area (Å²) in [6.45, 7) is 0. The normalized spacial score (nSPS) is 12.8. The molecule has 0 fully saturated rings. The average molecular weight is 210 g/mol. The molecular formula is C15H11F. The number of benzene rings is 2. The van der Waals surface area contributed by atoms with Gasteiger partial charge in [0.1, 0.15) is 5.82 Å². The Morgan fingerprint density at radius 2 is 1.62 bits per heavy atom. The maximum Gasteiger partial charge on any atom is 0.123 e. The molecule has 0 aromatic heterocycles. The molecule has 0 unspecified atom stereocenters. The fraction of sp³-hybridized carbons (Fsp3) is 0.0667. The van der Waals surface area contributed by atoms with Crippen LogP contribution in [0.1, 0.15) is 11.1 Å². The van der Waals surface area contributed by atoms with E-state index in [0.29, 0.717) is 0 Å². The van der Waals surface area contributed by atoms with Crippen LogP contribution in [-0.2, 0) is 6.42 Å². The zero-order valence-electron chi connectivity index (χ0n) is 8.78. The molecular weight excluding hydrogens is 199 g/mol. The quantitative estimate of drug-likeness (QED) is 0.665. The lowest BCUT2D eigenvalue weighted by Gasteiger charge is -2.04. The third-order valence-electron chi connectivity index (χ3n) is 2.96. The van der Waals surface area contributed by atoms with Gasteiger partial charge in [0, 0.05) is 0 Å². The number of allylic oxidation sites excluding steroid dienone is 1. The van der Waals surface area contributed by atoms with Crippen LogP contribution in [0.3, 0.4) is 0 Å². The average Bonchev–Trinajstić information content (AvgIpc) is 2.77. The first-order valence-corrected chi connectivity index (χ1v) is 5.38. The standard InChI is InChI=1S/C15H11F/c16-15-8-6-12(7-9-15)14-5-4-11-2-1-3-13(11)10-14/h1,3-10H,2H2. The highest BCUT2D eigenvalue weighted by Crippen LogP contribution is 2.26. The van der Waals surface area contributed by atoms with E-state index in [2.05, 4.69) is 30.4 Å². The van der Waals surface area contributed by atoms with Crippen LogP contribution in [0.2, 0.25) is 0 Å². The monoisotopic (exact) mass is 210 g/mol. The van der Waals surface area contributed by atoms with E-state index in [4.69, 9.17) is 0 Å². The van der Waals surface area contributed by atoms with Crippen LogP contribution in [0.25, 0.3) is 17.2 Å². The largest absolute Gasteiger partial charge is 0.207 e. The highest BCUT2D eigenvalue weighted by atomic mass is 19.1. The van der Waals surface area contributed by atoms with Gasteiger partial charge in [-0.1, -0.05) is 36.4 Å². The van der Waals surface area contributed by atoms with Gasteiger partial charge in [-0.15, -0.1) is 0 Å². The molecule has 0 atom stereocenters. The first kappa shape index (κ1) is 9.34. The summed E-state index contributed by atoms with van der Waals surface area (Å²) in [5.41, 5.74) is 4.85. The number of fused-ring (bicyclic) bond motifs is 1. The summed E-state index contributed by atoms with van der Waals surface area (Å²) in [5.74, 6) is -0.190. The van der Waals surface area contributed by atoms with Gasteiger partial charge in [0.25, 0.3) is 0 Å². The zero-order valence-corrected chi connectivity index (χ0v) is 8.78. The van der Waals surface area contributed by atoms with Crippen LogP contribution >= 0.6 is 0 Å². The Kier molecular flexibility index (Phi) is 2.10. The van der Waals surface area contributed by atoms with E-state index < -0.39 is 0 Å². The van der Waals surface area contributed by atoms with Crippen molar-refractivity contribution < 1.29 is 4.39 Å². The second-order valence-electron chi connectivity index (χ2n) is 4.03. The maximum absolute atomic E-state index is 12.8. The molecule has 1 aliphatic rings. The van der Waals surface area contributed by atoms with Gasteiger partial charge in [-0.3, -0.25) is 0 Å². The Morgan fingerprint density at radius 3 is 2.44 bits per heavy atom. The molecule has 2 aromatic carbocycles. The Balaban J connectivity index is 2.07. The minimum atomic E-state index is -0.190. The number of hydrogen-bond acceptors (Lipinski definition) is 0.